The van der Waals surface area contributed by atoms with E-state index in [-0.39, 0.29) is 12.0 Å². The molecule has 3 heteroatoms. The largest absolute Gasteiger partial charge is 0.481 e. The average Bonchev–Trinajstić information content (AvgIpc) is 2.00. The lowest BCUT2D eigenvalue weighted by Gasteiger charge is -2.29. The minimum atomic E-state index is -0.719. The fraction of sp³-hybridized carbons (Fsp3) is 0.909. The van der Waals surface area contributed by atoms with E-state index in [1.807, 2.05) is 0 Å². The molecule has 0 aliphatic carbocycles. The molecule has 2 N–H and O–H groups in total. The summed E-state index contributed by atoms with van der Waals surface area (Å²) in [4.78, 5) is 10.4. The molecule has 1 atom stereocenters. The van der Waals surface area contributed by atoms with E-state index in [2.05, 4.69) is 33.0 Å². The average molecular weight is 201 g/mol. The van der Waals surface area contributed by atoms with E-state index in [4.69, 9.17) is 5.11 Å². The van der Waals surface area contributed by atoms with Crippen LogP contribution in [0, 0.1) is 0 Å². The lowest BCUT2D eigenvalue weighted by atomic mass is 9.96. The molecular formula is C11H23NO2. The van der Waals surface area contributed by atoms with Crippen molar-refractivity contribution in [2.24, 2.45) is 0 Å². The third kappa shape index (κ3) is 6.89. The van der Waals surface area contributed by atoms with Crippen LogP contribution in [-0.4, -0.2) is 22.7 Å². The van der Waals surface area contributed by atoms with Gasteiger partial charge < -0.3 is 10.4 Å². The smallest absolute Gasteiger partial charge is 0.303 e. The van der Waals surface area contributed by atoms with Gasteiger partial charge in [-0.15, -0.1) is 0 Å². The van der Waals surface area contributed by atoms with Gasteiger partial charge in [-0.1, -0.05) is 13.3 Å². The second kappa shape index (κ2) is 6.02. The molecule has 14 heavy (non-hydrogen) atoms. The summed E-state index contributed by atoms with van der Waals surface area (Å²) >= 11 is 0. The third-order valence-corrected chi connectivity index (χ3v) is 2.32. The van der Waals surface area contributed by atoms with Gasteiger partial charge in [0.05, 0.1) is 0 Å². The van der Waals surface area contributed by atoms with Crippen LogP contribution in [0.3, 0.4) is 0 Å². The van der Waals surface area contributed by atoms with Crippen molar-refractivity contribution in [2.45, 2.75) is 65.0 Å². The molecule has 0 saturated heterocycles. The van der Waals surface area contributed by atoms with Crippen molar-refractivity contribution in [3.63, 3.8) is 0 Å². The van der Waals surface area contributed by atoms with Crippen molar-refractivity contribution < 1.29 is 9.90 Å². The van der Waals surface area contributed by atoms with Crippen molar-refractivity contribution in [3.8, 4) is 0 Å². The monoisotopic (exact) mass is 201 g/mol. The van der Waals surface area contributed by atoms with Crippen LogP contribution in [0.2, 0.25) is 0 Å². The second-order valence-corrected chi connectivity index (χ2v) is 4.61. The Morgan fingerprint density at radius 3 is 2.50 bits per heavy atom. The van der Waals surface area contributed by atoms with E-state index < -0.39 is 5.97 Å². The molecule has 0 aromatic carbocycles. The molecular weight excluding hydrogens is 178 g/mol. The predicted molar refractivity (Wildman–Crippen MR) is 58.5 cm³/mol. The molecule has 3 nitrogen and oxygen atoms in total. The highest BCUT2D eigenvalue weighted by Crippen LogP contribution is 2.13. The summed E-state index contributed by atoms with van der Waals surface area (Å²) in [7, 11) is 0. The summed E-state index contributed by atoms with van der Waals surface area (Å²) in [5.41, 5.74) is -0.0764. The lowest BCUT2D eigenvalue weighted by Crippen LogP contribution is -2.44. The van der Waals surface area contributed by atoms with Crippen molar-refractivity contribution >= 4 is 5.97 Å². The lowest BCUT2D eigenvalue weighted by molar-refractivity contribution is -0.137. The predicted octanol–water partition coefficient (Wildman–Crippen LogP) is 2.41. The number of aliphatic carboxylic acids is 1. The van der Waals surface area contributed by atoms with Crippen LogP contribution in [-0.2, 0) is 4.79 Å². The van der Waals surface area contributed by atoms with E-state index in [0.717, 1.165) is 12.8 Å². The maximum absolute atomic E-state index is 10.4. The number of rotatable bonds is 7. The Morgan fingerprint density at radius 2 is 2.07 bits per heavy atom. The number of nitrogens with one attached hydrogen (secondary N) is 1. The SMILES string of the molecule is CCCC(C)NC(C)(C)CCC(=O)O. The molecule has 0 saturated carbocycles. The topological polar surface area (TPSA) is 49.3 Å². The summed E-state index contributed by atoms with van der Waals surface area (Å²) < 4.78 is 0. The number of carboxylic acid groups (broad SMARTS) is 1. The summed E-state index contributed by atoms with van der Waals surface area (Å²) in [6.45, 7) is 8.42. The number of hydrogen-bond donors (Lipinski definition) is 2. The van der Waals surface area contributed by atoms with Crippen molar-refractivity contribution in [1.29, 1.82) is 0 Å². The van der Waals surface area contributed by atoms with Gasteiger partial charge in [0.2, 0.25) is 0 Å². The minimum absolute atomic E-state index is 0.0764. The summed E-state index contributed by atoms with van der Waals surface area (Å²) in [5, 5.41) is 12.0. The van der Waals surface area contributed by atoms with Gasteiger partial charge in [-0.2, -0.15) is 0 Å². The maximum Gasteiger partial charge on any atom is 0.303 e. The second-order valence-electron chi connectivity index (χ2n) is 4.61. The van der Waals surface area contributed by atoms with Gasteiger partial charge >= 0.3 is 5.97 Å². The fourth-order valence-corrected chi connectivity index (χ4v) is 1.66. The Kier molecular flexibility index (Phi) is 5.77. The number of carboxylic acids is 1. The van der Waals surface area contributed by atoms with Gasteiger partial charge in [-0.3, -0.25) is 4.79 Å². The zero-order valence-electron chi connectivity index (χ0n) is 9.76. The molecule has 0 rings (SSSR count). The molecule has 0 heterocycles. The van der Waals surface area contributed by atoms with Crippen molar-refractivity contribution in [3.05, 3.63) is 0 Å². The first-order valence-electron chi connectivity index (χ1n) is 5.37. The highest BCUT2D eigenvalue weighted by molar-refractivity contribution is 5.66. The summed E-state index contributed by atoms with van der Waals surface area (Å²) in [6, 6.07) is 0.462. The Balaban J connectivity index is 3.86. The van der Waals surface area contributed by atoms with E-state index in [9.17, 15) is 4.79 Å². The molecule has 0 spiro atoms. The van der Waals surface area contributed by atoms with Crippen LogP contribution >= 0.6 is 0 Å². The first kappa shape index (κ1) is 13.4. The molecule has 0 bridgehead atoms. The summed E-state index contributed by atoms with van der Waals surface area (Å²) in [6.07, 6.45) is 3.20. The molecule has 0 aliphatic rings. The molecule has 0 aliphatic heterocycles. The Labute approximate surface area is 86.9 Å². The normalized spacial score (nSPS) is 14.0. The molecule has 0 aromatic heterocycles. The van der Waals surface area contributed by atoms with E-state index in [1.54, 1.807) is 0 Å². The quantitative estimate of drug-likeness (QED) is 0.665. The molecule has 84 valence electrons. The van der Waals surface area contributed by atoms with Crippen LogP contribution in [0.5, 0.6) is 0 Å². The Morgan fingerprint density at radius 1 is 1.50 bits per heavy atom. The zero-order chi connectivity index (χ0) is 11.2. The zero-order valence-corrected chi connectivity index (χ0v) is 9.76. The van der Waals surface area contributed by atoms with Crippen LogP contribution in [0.25, 0.3) is 0 Å². The Bertz CT molecular complexity index is 178. The van der Waals surface area contributed by atoms with Crippen LogP contribution in [0.4, 0.5) is 0 Å². The van der Waals surface area contributed by atoms with Crippen molar-refractivity contribution in [1.82, 2.24) is 5.32 Å². The van der Waals surface area contributed by atoms with Gasteiger partial charge in [0.15, 0.2) is 0 Å². The molecule has 0 fully saturated rings. The molecule has 0 radical (unpaired) electrons. The molecule has 0 aromatic rings. The fourth-order valence-electron chi connectivity index (χ4n) is 1.66. The van der Waals surface area contributed by atoms with Gasteiger partial charge in [-0.25, -0.2) is 0 Å². The number of carbonyl (C=O) groups is 1. The highest BCUT2D eigenvalue weighted by atomic mass is 16.4. The minimum Gasteiger partial charge on any atom is -0.481 e. The van der Waals surface area contributed by atoms with E-state index >= 15 is 0 Å². The van der Waals surface area contributed by atoms with E-state index in [1.165, 1.54) is 0 Å². The maximum atomic E-state index is 10.4. The van der Waals surface area contributed by atoms with Gasteiger partial charge in [0.1, 0.15) is 0 Å². The van der Waals surface area contributed by atoms with Gasteiger partial charge in [0, 0.05) is 18.0 Å². The first-order chi connectivity index (χ1) is 6.37. The van der Waals surface area contributed by atoms with Crippen LogP contribution in [0.1, 0.15) is 53.4 Å². The van der Waals surface area contributed by atoms with Crippen molar-refractivity contribution in [2.75, 3.05) is 0 Å². The van der Waals surface area contributed by atoms with Gasteiger partial charge in [-0.05, 0) is 33.6 Å². The third-order valence-electron chi connectivity index (χ3n) is 2.32. The van der Waals surface area contributed by atoms with Gasteiger partial charge in [0.25, 0.3) is 0 Å². The standard InChI is InChI=1S/C11H23NO2/c1-5-6-9(2)12-11(3,4)8-7-10(13)14/h9,12H,5-8H2,1-4H3,(H,13,14). The molecule has 0 amide bonds. The first-order valence-corrected chi connectivity index (χ1v) is 5.37. The molecule has 1 unspecified atom stereocenters. The van der Waals surface area contributed by atoms with E-state index in [0.29, 0.717) is 12.5 Å². The van der Waals surface area contributed by atoms with Crippen LogP contribution < -0.4 is 5.32 Å². The Hall–Kier alpha value is -0.570. The number of hydrogen-bond acceptors (Lipinski definition) is 2. The van der Waals surface area contributed by atoms with Crippen LogP contribution in [0.15, 0.2) is 0 Å². The highest BCUT2D eigenvalue weighted by Gasteiger charge is 2.20. The summed E-state index contributed by atoms with van der Waals surface area (Å²) in [5.74, 6) is -0.719.